The summed E-state index contributed by atoms with van der Waals surface area (Å²) < 4.78 is 0. The monoisotopic (exact) mass is 289 g/mol. The highest BCUT2D eigenvalue weighted by molar-refractivity contribution is 5.96. The predicted molar refractivity (Wildman–Crippen MR) is 83.3 cm³/mol. The molecule has 5 heteroatoms. The zero-order chi connectivity index (χ0) is 15.2. The van der Waals surface area contributed by atoms with Gasteiger partial charge in [-0.1, -0.05) is 12.8 Å². The summed E-state index contributed by atoms with van der Waals surface area (Å²) in [4.78, 5) is 25.6. The van der Waals surface area contributed by atoms with Crippen molar-refractivity contribution in [3.63, 3.8) is 0 Å². The quantitative estimate of drug-likeness (QED) is 0.870. The Hall–Kier alpha value is -1.88. The fourth-order valence-electron chi connectivity index (χ4n) is 2.75. The first-order chi connectivity index (χ1) is 10.1. The van der Waals surface area contributed by atoms with Crippen LogP contribution in [0.25, 0.3) is 0 Å². The van der Waals surface area contributed by atoms with Crippen LogP contribution in [0, 0.1) is 0 Å². The summed E-state index contributed by atoms with van der Waals surface area (Å²) in [5.74, 6) is -0.147. The third-order valence-electron chi connectivity index (χ3n) is 4.00. The Labute approximate surface area is 125 Å². The molecule has 1 aromatic carbocycles. The van der Waals surface area contributed by atoms with E-state index in [1.807, 2.05) is 7.05 Å². The van der Waals surface area contributed by atoms with E-state index in [2.05, 4.69) is 15.5 Å². The molecular formula is C16H23N3O2. The van der Waals surface area contributed by atoms with E-state index in [1.165, 1.54) is 25.7 Å². The number of hydrogen-bond acceptors (Lipinski definition) is 3. The maximum Gasteiger partial charge on any atom is 0.251 e. The summed E-state index contributed by atoms with van der Waals surface area (Å²) in [6.45, 7) is 0.405. The van der Waals surface area contributed by atoms with Crippen molar-refractivity contribution in [2.45, 2.75) is 31.7 Å². The van der Waals surface area contributed by atoms with Gasteiger partial charge in [0.25, 0.3) is 5.91 Å². The van der Waals surface area contributed by atoms with Gasteiger partial charge in [-0.15, -0.1) is 0 Å². The molecule has 5 nitrogen and oxygen atoms in total. The number of nitrogens with zero attached hydrogens (tertiary/aromatic N) is 1. The summed E-state index contributed by atoms with van der Waals surface area (Å²) in [6, 6.07) is 7.44. The van der Waals surface area contributed by atoms with Crippen LogP contribution >= 0.6 is 0 Å². The molecule has 1 aliphatic rings. The van der Waals surface area contributed by atoms with Crippen LogP contribution in [0.5, 0.6) is 0 Å². The number of carbonyl (C=O) groups excluding carboxylic acids is 2. The molecule has 0 radical (unpaired) electrons. The normalized spacial score (nSPS) is 15.2. The molecule has 2 amide bonds. The van der Waals surface area contributed by atoms with Crippen LogP contribution < -0.4 is 10.6 Å². The molecule has 0 saturated heterocycles. The Bertz CT molecular complexity index is 493. The predicted octanol–water partition coefficient (Wildman–Crippen LogP) is 1.86. The van der Waals surface area contributed by atoms with Crippen LogP contribution in [0.2, 0.25) is 0 Å². The molecule has 0 heterocycles. The molecule has 1 aliphatic carbocycles. The zero-order valence-corrected chi connectivity index (χ0v) is 12.7. The molecule has 0 aromatic heterocycles. The second-order valence-electron chi connectivity index (χ2n) is 5.56. The van der Waals surface area contributed by atoms with Crippen LogP contribution in [0.4, 0.5) is 5.69 Å². The molecule has 1 aromatic rings. The molecule has 1 saturated carbocycles. The molecule has 0 bridgehead atoms. The van der Waals surface area contributed by atoms with Gasteiger partial charge in [-0.25, -0.2) is 0 Å². The third-order valence-corrected chi connectivity index (χ3v) is 4.00. The first-order valence-electron chi connectivity index (χ1n) is 7.42. The molecular weight excluding hydrogens is 266 g/mol. The van der Waals surface area contributed by atoms with Gasteiger partial charge in [0.05, 0.1) is 6.54 Å². The highest BCUT2D eigenvalue weighted by Crippen LogP contribution is 2.22. The van der Waals surface area contributed by atoms with E-state index in [4.69, 9.17) is 0 Å². The van der Waals surface area contributed by atoms with Gasteiger partial charge in [-0.05, 0) is 44.2 Å². The minimum absolute atomic E-state index is 0.0166. The van der Waals surface area contributed by atoms with Crippen molar-refractivity contribution in [3.8, 4) is 0 Å². The maximum absolute atomic E-state index is 12.0. The number of rotatable bonds is 5. The minimum Gasteiger partial charge on any atom is -0.355 e. The number of hydrogen-bond donors (Lipinski definition) is 2. The molecule has 2 rings (SSSR count). The lowest BCUT2D eigenvalue weighted by Crippen LogP contribution is -2.36. The number of likely N-dealkylation sites (N-methyl/N-ethyl adjacent to an activating group) is 1. The Kier molecular flexibility index (Phi) is 5.33. The fraction of sp³-hybridized carbons (Fsp3) is 0.500. The second kappa shape index (κ2) is 7.22. The zero-order valence-electron chi connectivity index (χ0n) is 12.7. The maximum atomic E-state index is 12.0. The Morgan fingerprint density at radius 2 is 1.81 bits per heavy atom. The summed E-state index contributed by atoms with van der Waals surface area (Å²) in [5, 5.41) is 5.43. The molecule has 21 heavy (non-hydrogen) atoms. The molecule has 2 N–H and O–H groups in total. The highest BCUT2D eigenvalue weighted by atomic mass is 16.2. The topological polar surface area (TPSA) is 61.4 Å². The van der Waals surface area contributed by atoms with Gasteiger partial charge >= 0.3 is 0 Å². The lowest BCUT2D eigenvalue weighted by atomic mass is 10.2. The summed E-state index contributed by atoms with van der Waals surface area (Å²) in [6.07, 6.45) is 4.89. The van der Waals surface area contributed by atoms with Crippen LogP contribution in [0.15, 0.2) is 24.3 Å². The van der Waals surface area contributed by atoms with Gasteiger partial charge in [0.1, 0.15) is 0 Å². The van der Waals surface area contributed by atoms with Gasteiger partial charge in [0.2, 0.25) is 5.91 Å². The molecule has 0 spiro atoms. The van der Waals surface area contributed by atoms with Crippen molar-refractivity contribution < 1.29 is 9.59 Å². The van der Waals surface area contributed by atoms with E-state index in [0.29, 0.717) is 23.8 Å². The molecule has 0 atom stereocenters. The summed E-state index contributed by atoms with van der Waals surface area (Å²) in [5.41, 5.74) is 1.30. The molecule has 114 valence electrons. The standard InChI is InChI=1S/C16H23N3O2/c1-17-16(21)12-7-9-13(10-8-12)18-15(20)11-19(2)14-5-3-4-6-14/h7-10,14H,3-6,11H2,1-2H3,(H,17,21)(H,18,20). The van der Waals surface area contributed by atoms with Gasteiger partial charge in [-0.3, -0.25) is 14.5 Å². The number of benzene rings is 1. The van der Waals surface area contributed by atoms with Crippen molar-refractivity contribution >= 4 is 17.5 Å². The largest absolute Gasteiger partial charge is 0.355 e. The fourth-order valence-corrected chi connectivity index (χ4v) is 2.75. The minimum atomic E-state index is -0.131. The molecule has 0 aliphatic heterocycles. The van der Waals surface area contributed by atoms with Crippen LogP contribution in [-0.4, -0.2) is 43.4 Å². The van der Waals surface area contributed by atoms with Crippen LogP contribution in [0.3, 0.4) is 0 Å². The van der Waals surface area contributed by atoms with Crippen molar-refractivity contribution in [1.29, 1.82) is 0 Å². The number of carbonyl (C=O) groups is 2. The van der Waals surface area contributed by atoms with Crippen LogP contribution in [0.1, 0.15) is 36.0 Å². The van der Waals surface area contributed by atoms with E-state index in [0.717, 1.165) is 0 Å². The first kappa shape index (κ1) is 15.5. The SMILES string of the molecule is CNC(=O)c1ccc(NC(=O)CN(C)C2CCCC2)cc1. The van der Waals surface area contributed by atoms with E-state index in [-0.39, 0.29) is 11.8 Å². The van der Waals surface area contributed by atoms with Crippen molar-refractivity contribution in [3.05, 3.63) is 29.8 Å². The van der Waals surface area contributed by atoms with E-state index in [1.54, 1.807) is 31.3 Å². The van der Waals surface area contributed by atoms with Gasteiger partial charge in [0, 0.05) is 24.3 Å². The van der Waals surface area contributed by atoms with Crippen molar-refractivity contribution in [2.75, 3.05) is 26.0 Å². The van der Waals surface area contributed by atoms with E-state index < -0.39 is 0 Å². The average molecular weight is 289 g/mol. The van der Waals surface area contributed by atoms with E-state index in [9.17, 15) is 9.59 Å². The molecule has 1 fully saturated rings. The number of nitrogens with one attached hydrogen (secondary N) is 2. The summed E-state index contributed by atoms with van der Waals surface area (Å²) >= 11 is 0. The Balaban J connectivity index is 1.85. The Morgan fingerprint density at radius 1 is 1.19 bits per heavy atom. The van der Waals surface area contributed by atoms with Crippen LogP contribution in [-0.2, 0) is 4.79 Å². The van der Waals surface area contributed by atoms with Crippen molar-refractivity contribution in [1.82, 2.24) is 10.2 Å². The lowest BCUT2D eigenvalue weighted by molar-refractivity contribution is -0.117. The van der Waals surface area contributed by atoms with Gasteiger partial charge in [-0.2, -0.15) is 0 Å². The Morgan fingerprint density at radius 3 is 2.38 bits per heavy atom. The van der Waals surface area contributed by atoms with Crippen molar-refractivity contribution in [2.24, 2.45) is 0 Å². The van der Waals surface area contributed by atoms with Gasteiger partial charge in [0.15, 0.2) is 0 Å². The number of amides is 2. The first-order valence-corrected chi connectivity index (χ1v) is 7.42. The number of anilines is 1. The van der Waals surface area contributed by atoms with E-state index >= 15 is 0 Å². The highest BCUT2D eigenvalue weighted by Gasteiger charge is 2.21. The lowest BCUT2D eigenvalue weighted by Gasteiger charge is -2.23. The van der Waals surface area contributed by atoms with Gasteiger partial charge < -0.3 is 10.6 Å². The third kappa shape index (κ3) is 4.29. The molecule has 0 unspecified atom stereocenters. The average Bonchev–Trinajstić information content (AvgIpc) is 3.01. The second-order valence-corrected chi connectivity index (χ2v) is 5.56. The summed E-state index contributed by atoms with van der Waals surface area (Å²) in [7, 11) is 3.60. The smallest absolute Gasteiger partial charge is 0.251 e.